The molecule has 0 saturated carbocycles. The molecule has 1 aromatic rings. The highest BCUT2D eigenvalue weighted by atomic mass is 16.5. The normalized spacial score (nSPS) is 31.9. The predicted molar refractivity (Wildman–Crippen MR) is 75.3 cm³/mol. The maximum atomic E-state index is 12.5. The summed E-state index contributed by atoms with van der Waals surface area (Å²) in [4.78, 5) is 26.3. The number of esters is 1. The van der Waals surface area contributed by atoms with Gasteiger partial charge in [-0.1, -0.05) is 30.3 Å². The average molecular weight is 289 g/mol. The molecule has 1 aromatic carbocycles. The van der Waals surface area contributed by atoms with Crippen LogP contribution in [-0.2, 0) is 19.9 Å². The summed E-state index contributed by atoms with van der Waals surface area (Å²) in [6, 6.07) is 9.12. The van der Waals surface area contributed by atoms with Crippen LogP contribution in [0.2, 0.25) is 0 Å². The van der Waals surface area contributed by atoms with Crippen LogP contribution in [0.25, 0.3) is 0 Å². The lowest BCUT2D eigenvalue weighted by Gasteiger charge is -2.51. The fraction of sp³-hybridized carbons (Fsp3) is 0.500. The highest BCUT2D eigenvalue weighted by Crippen LogP contribution is 2.51. The molecule has 2 saturated heterocycles. The van der Waals surface area contributed by atoms with Crippen LogP contribution in [0.1, 0.15) is 31.2 Å². The van der Waals surface area contributed by atoms with Gasteiger partial charge in [-0.2, -0.15) is 0 Å². The highest BCUT2D eigenvalue weighted by Gasteiger charge is 2.66. The average Bonchev–Trinajstić information content (AvgIpc) is 2.99. The van der Waals surface area contributed by atoms with E-state index in [2.05, 4.69) is 0 Å². The van der Waals surface area contributed by atoms with Crippen LogP contribution in [-0.4, -0.2) is 41.1 Å². The predicted octanol–water partition coefficient (Wildman–Crippen LogP) is 1.20. The van der Waals surface area contributed by atoms with Gasteiger partial charge in [0.15, 0.2) is 5.54 Å². The Bertz CT molecular complexity index is 573. The Kier molecular flexibility index (Phi) is 3.24. The Labute approximate surface area is 123 Å². The summed E-state index contributed by atoms with van der Waals surface area (Å²) < 4.78 is 4.97. The van der Waals surface area contributed by atoms with Crippen molar-refractivity contribution in [1.82, 2.24) is 4.90 Å². The minimum Gasteiger partial charge on any atom is -0.467 e. The first-order valence-electron chi connectivity index (χ1n) is 7.23. The van der Waals surface area contributed by atoms with Crippen molar-refractivity contribution in [3.05, 3.63) is 35.9 Å². The number of amides is 1. The van der Waals surface area contributed by atoms with Crippen molar-refractivity contribution in [3.63, 3.8) is 0 Å². The van der Waals surface area contributed by atoms with Crippen LogP contribution < -0.4 is 0 Å². The Morgan fingerprint density at radius 1 is 1.29 bits per heavy atom. The Morgan fingerprint density at radius 3 is 2.67 bits per heavy atom. The molecule has 5 nitrogen and oxygen atoms in total. The molecular formula is C16H19NO4. The van der Waals surface area contributed by atoms with Crippen LogP contribution in [0.5, 0.6) is 0 Å². The van der Waals surface area contributed by atoms with Gasteiger partial charge in [-0.3, -0.25) is 4.79 Å². The third-order valence-electron chi connectivity index (χ3n) is 4.84. The molecule has 1 amide bonds. The van der Waals surface area contributed by atoms with Crippen LogP contribution in [0, 0.1) is 0 Å². The molecule has 112 valence electrons. The summed E-state index contributed by atoms with van der Waals surface area (Å²) in [5, 5.41) is 11.4. The Balaban J connectivity index is 2.18. The van der Waals surface area contributed by atoms with Crippen molar-refractivity contribution < 1.29 is 19.4 Å². The molecule has 2 fully saturated rings. The summed E-state index contributed by atoms with van der Waals surface area (Å²) in [5.74, 6) is -0.613. The van der Waals surface area contributed by atoms with E-state index < -0.39 is 17.1 Å². The number of benzene rings is 1. The number of fused-ring (bicyclic) bond motifs is 1. The third-order valence-corrected chi connectivity index (χ3v) is 4.84. The number of nitrogens with zero attached hydrogens (tertiary/aromatic N) is 1. The third kappa shape index (κ3) is 1.73. The van der Waals surface area contributed by atoms with Gasteiger partial charge < -0.3 is 14.7 Å². The molecule has 5 heteroatoms. The van der Waals surface area contributed by atoms with Crippen molar-refractivity contribution >= 4 is 11.9 Å². The zero-order valence-electron chi connectivity index (χ0n) is 12.0. The SMILES string of the molecule is COC(=O)C12CCCN1C(=O)CCC2(O)c1ccccc1. The number of carbonyl (C=O) groups is 2. The maximum absolute atomic E-state index is 12.5. The molecule has 0 spiro atoms. The Hall–Kier alpha value is -1.88. The lowest BCUT2D eigenvalue weighted by Crippen LogP contribution is -2.68. The molecular weight excluding hydrogens is 270 g/mol. The van der Waals surface area contributed by atoms with Gasteiger partial charge in [0.1, 0.15) is 5.60 Å². The van der Waals surface area contributed by atoms with E-state index >= 15 is 0 Å². The maximum Gasteiger partial charge on any atom is 0.335 e. The van der Waals surface area contributed by atoms with Gasteiger partial charge in [0.25, 0.3) is 0 Å². The first-order chi connectivity index (χ1) is 10.1. The van der Waals surface area contributed by atoms with E-state index in [-0.39, 0.29) is 18.7 Å². The molecule has 2 heterocycles. The molecule has 2 atom stereocenters. The van der Waals surface area contributed by atoms with Crippen molar-refractivity contribution in [3.8, 4) is 0 Å². The zero-order chi connectivity index (χ0) is 15.1. The van der Waals surface area contributed by atoms with Crippen molar-refractivity contribution in [2.45, 2.75) is 36.8 Å². The van der Waals surface area contributed by atoms with Gasteiger partial charge in [-0.05, 0) is 24.8 Å². The summed E-state index contributed by atoms with van der Waals surface area (Å²) >= 11 is 0. The number of aliphatic hydroxyl groups is 1. The number of rotatable bonds is 2. The molecule has 2 aliphatic heterocycles. The number of carbonyl (C=O) groups excluding carboxylic acids is 2. The van der Waals surface area contributed by atoms with E-state index in [0.717, 1.165) is 0 Å². The number of hydrogen-bond donors (Lipinski definition) is 1. The van der Waals surface area contributed by atoms with Gasteiger partial charge in [-0.15, -0.1) is 0 Å². The van der Waals surface area contributed by atoms with Gasteiger partial charge in [0, 0.05) is 13.0 Å². The lowest BCUT2D eigenvalue weighted by atomic mass is 9.68. The zero-order valence-corrected chi connectivity index (χ0v) is 12.0. The quantitative estimate of drug-likeness (QED) is 0.831. The second-order valence-corrected chi connectivity index (χ2v) is 5.73. The summed E-state index contributed by atoms with van der Waals surface area (Å²) in [5.41, 5.74) is -2.03. The summed E-state index contributed by atoms with van der Waals surface area (Å²) in [7, 11) is 1.30. The second kappa shape index (κ2) is 4.84. The van der Waals surface area contributed by atoms with Gasteiger partial charge in [0.05, 0.1) is 7.11 Å². The summed E-state index contributed by atoms with van der Waals surface area (Å²) in [6.07, 6.45) is 1.60. The minimum atomic E-state index is -1.40. The van der Waals surface area contributed by atoms with Crippen molar-refractivity contribution in [2.24, 2.45) is 0 Å². The van der Waals surface area contributed by atoms with Crippen LogP contribution in [0.15, 0.2) is 30.3 Å². The topological polar surface area (TPSA) is 66.8 Å². The highest BCUT2D eigenvalue weighted by molar-refractivity contribution is 5.92. The van der Waals surface area contributed by atoms with E-state index in [9.17, 15) is 14.7 Å². The monoisotopic (exact) mass is 289 g/mol. The fourth-order valence-corrected chi connectivity index (χ4v) is 3.86. The molecule has 2 unspecified atom stereocenters. The number of piperidine rings is 1. The first kappa shape index (κ1) is 14.1. The molecule has 2 aliphatic rings. The van der Waals surface area contributed by atoms with E-state index in [4.69, 9.17) is 4.74 Å². The van der Waals surface area contributed by atoms with Gasteiger partial charge in [-0.25, -0.2) is 4.79 Å². The second-order valence-electron chi connectivity index (χ2n) is 5.73. The molecule has 0 aliphatic carbocycles. The van der Waals surface area contributed by atoms with Crippen LogP contribution in [0.4, 0.5) is 0 Å². The number of hydrogen-bond acceptors (Lipinski definition) is 4. The van der Waals surface area contributed by atoms with Gasteiger partial charge >= 0.3 is 5.97 Å². The van der Waals surface area contributed by atoms with Gasteiger partial charge in [0.2, 0.25) is 5.91 Å². The summed E-state index contributed by atoms with van der Waals surface area (Å²) in [6.45, 7) is 0.489. The standard InChI is InChI=1S/C16H19NO4/c1-21-14(19)15-9-5-11-17(15)13(18)8-10-16(15,20)12-6-3-2-4-7-12/h2-4,6-7,20H,5,8-11H2,1H3. The molecule has 0 bridgehead atoms. The molecule has 0 radical (unpaired) electrons. The van der Waals surface area contributed by atoms with E-state index in [1.54, 1.807) is 12.1 Å². The van der Waals surface area contributed by atoms with Crippen LogP contribution >= 0.6 is 0 Å². The molecule has 21 heavy (non-hydrogen) atoms. The fourth-order valence-electron chi connectivity index (χ4n) is 3.86. The molecule has 0 aromatic heterocycles. The van der Waals surface area contributed by atoms with E-state index in [1.165, 1.54) is 12.0 Å². The van der Waals surface area contributed by atoms with E-state index in [1.807, 2.05) is 18.2 Å². The molecule has 1 N–H and O–H groups in total. The van der Waals surface area contributed by atoms with Crippen LogP contribution in [0.3, 0.4) is 0 Å². The number of methoxy groups -OCH3 is 1. The van der Waals surface area contributed by atoms with Crippen molar-refractivity contribution in [1.29, 1.82) is 0 Å². The first-order valence-corrected chi connectivity index (χ1v) is 7.23. The Morgan fingerprint density at radius 2 is 2.00 bits per heavy atom. The lowest BCUT2D eigenvalue weighted by molar-refractivity contribution is -0.192. The number of ether oxygens (including phenoxy) is 1. The molecule has 3 rings (SSSR count). The van der Waals surface area contributed by atoms with E-state index in [0.29, 0.717) is 24.9 Å². The smallest absolute Gasteiger partial charge is 0.335 e. The largest absolute Gasteiger partial charge is 0.467 e. The van der Waals surface area contributed by atoms with Crippen molar-refractivity contribution in [2.75, 3.05) is 13.7 Å². The minimum absolute atomic E-state index is 0.0847.